The maximum atomic E-state index is 13.9. The number of nitrogens with one attached hydrogen (secondary N) is 1. The molecule has 1 atom stereocenters. The summed E-state index contributed by atoms with van der Waals surface area (Å²) in [6.45, 7) is 4.64. The molecule has 1 aliphatic rings. The Morgan fingerprint density at radius 1 is 1.20 bits per heavy atom. The quantitative estimate of drug-likeness (QED) is 0.396. The SMILES string of the molecule is CC(C)CCNC(=O)[C@@H](c1cccs1)N(C(=O)c1snc(C(N)=O)c1N)c1ccc2c(c1)OCO2. The fourth-order valence-electron chi connectivity index (χ4n) is 3.56. The van der Waals surface area contributed by atoms with Crippen LogP contribution in [0.15, 0.2) is 35.7 Å². The Hall–Kier alpha value is -3.64. The van der Waals surface area contributed by atoms with Crippen LogP contribution in [0, 0.1) is 5.92 Å². The lowest BCUT2D eigenvalue weighted by Gasteiger charge is -2.30. The van der Waals surface area contributed by atoms with Crippen molar-refractivity contribution in [1.29, 1.82) is 0 Å². The predicted octanol–water partition coefficient (Wildman–Crippen LogP) is 3.16. The van der Waals surface area contributed by atoms with Crippen LogP contribution in [0.3, 0.4) is 0 Å². The second-order valence-corrected chi connectivity index (χ2v) is 10.00. The average molecular weight is 516 g/mol. The van der Waals surface area contributed by atoms with Crippen LogP contribution >= 0.6 is 22.9 Å². The van der Waals surface area contributed by atoms with Crippen molar-refractivity contribution in [2.45, 2.75) is 26.3 Å². The summed E-state index contributed by atoms with van der Waals surface area (Å²) in [5.74, 6) is -0.412. The fourth-order valence-corrected chi connectivity index (χ4v) is 5.11. The van der Waals surface area contributed by atoms with E-state index >= 15 is 0 Å². The standard InChI is InChI=1S/C23H25N5O5S2/c1-12(2)7-8-26-22(30)19(16-4-3-9-34-16)28(13-5-6-14-15(10-13)33-11-32-14)23(31)20-17(24)18(21(25)29)27-35-20/h3-6,9-10,12,19H,7-8,11,24H2,1-2H3,(H2,25,29)(H,26,30)/t19-/m1/s1. The Morgan fingerprint density at radius 3 is 2.63 bits per heavy atom. The summed E-state index contributed by atoms with van der Waals surface area (Å²) in [7, 11) is 0. The molecule has 3 heterocycles. The normalized spacial score (nSPS) is 13.0. The molecule has 0 aliphatic carbocycles. The van der Waals surface area contributed by atoms with Crippen molar-refractivity contribution in [2.75, 3.05) is 24.0 Å². The summed E-state index contributed by atoms with van der Waals surface area (Å²) in [5.41, 5.74) is 11.5. The number of rotatable bonds is 9. The maximum absolute atomic E-state index is 13.9. The van der Waals surface area contributed by atoms with E-state index in [1.54, 1.807) is 24.3 Å². The van der Waals surface area contributed by atoms with Crippen molar-refractivity contribution in [3.05, 3.63) is 51.2 Å². The molecule has 35 heavy (non-hydrogen) atoms. The zero-order valence-electron chi connectivity index (χ0n) is 19.1. The summed E-state index contributed by atoms with van der Waals surface area (Å²) in [5, 5.41) is 4.78. The van der Waals surface area contributed by atoms with Gasteiger partial charge in [-0.05, 0) is 47.5 Å². The Morgan fingerprint density at radius 2 is 1.97 bits per heavy atom. The number of carbonyl (C=O) groups excluding carboxylic acids is 3. The van der Waals surface area contributed by atoms with Crippen molar-refractivity contribution in [1.82, 2.24) is 9.69 Å². The minimum absolute atomic E-state index is 0.00741. The first-order valence-electron chi connectivity index (χ1n) is 10.9. The van der Waals surface area contributed by atoms with Gasteiger partial charge in [0.2, 0.25) is 12.7 Å². The number of hydrogen-bond acceptors (Lipinski definition) is 9. The minimum Gasteiger partial charge on any atom is -0.454 e. The van der Waals surface area contributed by atoms with Gasteiger partial charge in [0.25, 0.3) is 11.8 Å². The minimum atomic E-state index is -1.01. The number of nitrogen functional groups attached to an aromatic ring is 1. The van der Waals surface area contributed by atoms with Crippen LogP contribution in [0.1, 0.15) is 51.3 Å². The van der Waals surface area contributed by atoms with Crippen molar-refractivity contribution >= 4 is 52.0 Å². The number of benzene rings is 1. The van der Waals surface area contributed by atoms with E-state index in [9.17, 15) is 14.4 Å². The number of hydrogen-bond donors (Lipinski definition) is 3. The molecule has 0 saturated carbocycles. The van der Waals surface area contributed by atoms with E-state index in [0.717, 1.165) is 18.0 Å². The highest BCUT2D eigenvalue weighted by Gasteiger charge is 2.37. The number of nitrogens with zero attached hydrogens (tertiary/aromatic N) is 2. The van der Waals surface area contributed by atoms with Gasteiger partial charge in [-0.2, -0.15) is 4.37 Å². The molecule has 5 N–H and O–H groups in total. The van der Waals surface area contributed by atoms with E-state index in [0.29, 0.717) is 34.5 Å². The fraction of sp³-hybridized carbons (Fsp3) is 0.304. The third-order valence-electron chi connectivity index (χ3n) is 5.35. The van der Waals surface area contributed by atoms with E-state index in [4.69, 9.17) is 20.9 Å². The van der Waals surface area contributed by atoms with Crippen LogP contribution in [0.5, 0.6) is 11.5 Å². The van der Waals surface area contributed by atoms with Gasteiger partial charge >= 0.3 is 0 Å². The summed E-state index contributed by atoms with van der Waals surface area (Å²) < 4.78 is 14.9. The van der Waals surface area contributed by atoms with Gasteiger partial charge in [0.05, 0.1) is 5.69 Å². The number of anilines is 2. The first-order valence-corrected chi connectivity index (χ1v) is 12.5. The van der Waals surface area contributed by atoms with Gasteiger partial charge in [0.15, 0.2) is 23.2 Å². The molecule has 0 unspecified atom stereocenters. The third-order valence-corrected chi connectivity index (χ3v) is 7.12. The molecule has 0 radical (unpaired) electrons. The van der Waals surface area contributed by atoms with Crippen molar-refractivity contribution in [3.63, 3.8) is 0 Å². The highest BCUT2D eigenvalue weighted by atomic mass is 32.1. The van der Waals surface area contributed by atoms with Crippen LogP contribution in [0.25, 0.3) is 0 Å². The molecule has 12 heteroatoms. The molecule has 3 aromatic rings. The van der Waals surface area contributed by atoms with Gasteiger partial charge in [0.1, 0.15) is 4.88 Å². The van der Waals surface area contributed by atoms with Gasteiger partial charge in [-0.3, -0.25) is 19.3 Å². The van der Waals surface area contributed by atoms with Gasteiger partial charge in [-0.15, -0.1) is 11.3 Å². The van der Waals surface area contributed by atoms with E-state index in [-0.39, 0.29) is 29.0 Å². The highest BCUT2D eigenvalue weighted by Crippen LogP contribution is 2.40. The molecule has 184 valence electrons. The monoisotopic (exact) mass is 515 g/mol. The lowest BCUT2D eigenvalue weighted by Crippen LogP contribution is -2.44. The first-order chi connectivity index (χ1) is 16.8. The molecule has 3 amide bonds. The van der Waals surface area contributed by atoms with Crippen LogP contribution < -0.4 is 31.2 Å². The van der Waals surface area contributed by atoms with E-state index in [1.165, 1.54) is 16.2 Å². The third kappa shape index (κ3) is 5.08. The Bertz CT molecular complexity index is 1240. The Balaban J connectivity index is 1.80. The number of nitrogens with two attached hydrogens (primary N) is 2. The van der Waals surface area contributed by atoms with E-state index in [1.807, 2.05) is 11.4 Å². The van der Waals surface area contributed by atoms with Gasteiger partial charge < -0.3 is 26.3 Å². The molecule has 1 aromatic carbocycles. The molecule has 0 bridgehead atoms. The molecular weight excluding hydrogens is 490 g/mol. The van der Waals surface area contributed by atoms with Crippen LogP contribution in [0.2, 0.25) is 0 Å². The second-order valence-electron chi connectivity index (χ2n) is 8.24. The molecule has 1 aliphatic heterocycles. The number of aromatic nitrogens is 1. The van der Waals surface area contributed by atoms with Crippen LogP contribution in [-0.4, -0.2) is 35.4 Å². The number of carbonyl (C=O) groups is 3. The predicted molar refractivity (Wildman–Crippen MR) is 134 cm³/mol. The second kappa shape index (κ2) is 10.3. The number of ether oxygens (including phenoxy) is 2. The summed E-state index contributed by atoms with van der Waals surface area (Å²) in [4.78, 5) is 41.2. The van der Waals surface area contributed by atoms with Crippen molar-refractivity contribution in [2.24, 2.45) is 11.7 Å². The summed E-state index contributed by atoms with van der Waals surface area (Å²) in [6.07, 6.45) is 0.782. The van der Waals surface area contributed by atoms with Crippen LogP contribution in [-0.2, 0) is 4.79 Å². The smallest absolute Gasteiger partial charge is 0.273 e. The molecule has 2 aromatic heterocycles. The zero-order chi connectivity index (χ0) is 25.1. The molecule has 0 fully saturated rings. The Labute approximate surface area is 210 Å². The van der Waals surface area contributed by atoms with Crippen molar-refractivity contribution in [3.8, 4) is 11.5 Å². The maximum Gasteiger partial charge on any atom is 0.273 e. The number of primary amides is 1. The summed E-state index contributed by atoms with van der Waals surface area (Å²) >= 11 is 2.10. The zero-order valence-corrected chi connectivity index (χ0v) is 20.8. The van der Waals surface area contributed by atoms with Crippen LogP contribution in [0.4, 0.5) is 11.4 Å². The molecule has 10 nitrogen and oxygen atoms in total. The number of fused-ring (bicyclic) bond motifs is 1. The lowest BCUT2D eigenvalue weighted by molar-refractivity contribution is -0.122. The van der Waals surface area contributed by atoms with Gasteiger partial charge in [0, 0.05) is 23.2 Å². The highest BCUT2D eigenvalue weighted by molar-refractivity contribution is 7.10. The Kier molecular flexibility index (Phi) is 7.22. The number of amides is 3. The lowest BCUT2D eigenvalue weighted by atomic mass is 10.1. The number of thiophene rings is 1. The first kappa shape index (κ1) is 24.5. The molecule has 0 spiro atoms. The van der Waals surface area contributed by atoms with E-state index < -0.39 is 17.9 Å². The average Bonchev–Trinajstić information content (AvgIpc) is 3.56. The van der Waals surface area contributed by atoms with Gasteiger partial charge in [-0.1, -0.05) is 19.9 Å². The van der Waals surface area contributed by atoms with Gasteiger partial charge in [-0.25, -0.2) is 0 Å². The summed E-state index contributed by atoms with van der Waals surface area (Å²) in [6, 6.07) is 7.56. The molecule has 4 rings (SSSR count). The largest absolute Gasteiger partial charge is 0.454 e. The van der Waals surface area contributed by atoms with Crippen molar-refractivity contribution < 1.29 is 23.9 Å². The molecular formula is C23H25N5O5S2. The topological polar surface area (TPSA) is 150 Å². The van der Waals surface area contributed by atoms with E-state index in [2.05, 4.69) is 23.5 Å². The molecule has 0 saturated heterocycles.